The Labute approximate surface area is 231 Å². The molecular formula is C25H19Cl2FN4O6S. The van der Waals surface area contributed by atoms with E-state index in [4.69, 9.17) is 27.9 Å². The van der Waals surface area contributed by atoms with Gasteiger partial charge in [-0.3, -0.25) is 19.9 Å². The number of benzene rings is 3. The fourth-order valence-electron chi connectivity index (χ4n) is 4.38. The van der Waals surface area contributed by atoms with Crippen molar-refractivity contribution in [2.75, 3.05) is 6.54 Å². The minimum absolute atomic E-state index is 0.0536. The third-order valence-electron chi connectivity index (χ3n) is 6.10. The van der Waals surface area contributed by atoms with E-state index >= 15 is 0 Å². The molecule has 39 heavy (non-hydrogen) atoms. The van der Waals surface area contributed by atoms with Crippen molar-refractivity contribution in [3.63, 3.8) is 0 Å². The number of halogens is 3. The van der Waals surface area contributed by atoms with Gasteiger partial charge in [-0.1, -0.05) is 41.4 Å². The van der Waals surface area contributed by atoms with Crippen molar-refractivity contribution in [3.05, 3.63) is 104 Å². The average Bonchev–Trinajstić information content (AvgIpc) is 3.25. The molecule has 0 bridgehead atoms. The topological polar surface area (TPSA) is 134 Å². The molecule has 0 spiro atoms. The van der Waals surface area contributed by atoms with Gasteiger partial charge in [-0.25, -0.2) is 23.0 Å². The quantitative estimate of drug-likeness (QED) is 0.227. The predicted octanol–water partition coefficient (Wildman–Crippen LogP) is 4.20. The van der Waals surface area contributed by atoms with Crippen LogP contribution in [0.1, 0.15) is 17.3 Å². The molecule has 1 aliphatic rings. The highest BCUT2D eigenvalue weighted by Gasteiger charge is 2.44. The summed E-state index contributed by atoms with van der Waals surface area (Å²) in [6, 6.07) is 14.0. The molecule has 5 rings (SSSR count). The first-order chi connectivity index (χ1) is 18.6. The maximum absolute atomic E-state index is 15.0. The summed E-state index contributed by atoms with van der Waals surface area (Å²) in [5, 5.41) is 12.8. The number of sulfonamides is 1. The second kappa shape index (κ2) is 10.5. The SMILES string of the molecule is O=C(NO)C1c2c([nH]n(-c3ccccc3)c2=O)CCN1S(=O)(=O)c1ccc(Oc2cc(Cl)cc(Cl)c2)c(F)c1. The van der Waals surface area contributed by atoms with Crippen molar-refractivity contribution in [2.24, 2.45) is 0 Å². The summed E-state index contributed by atoms with van der Waals surface area (Å²) in [5.41, 5.74) is 1.42. The van der Waals surface area contributed by atoms with Crippen LogP contribution in [-0.2, 0) is 21.2 Å². The normalized spacial score (nSPS) is 15.5. The number of amides is 1. The third-order valence-corrected chi connectivity index (χ3v) is 8.39. The summed E-state index contributed by atoms with van der Waals surface area (Å²) in [7, 11) is -4.55. The fraction of sp³-hybridized carbons (Fsp3) is 0.120. The average molecular weight is 593 g/mol. The molecule has 14 heteroatoms. The molecule has 10 nitrogen and oxygen atoms in total. The lowest BCUT2D eigenvalue weighted by Crippen LogP contribution is -2.48. The molecule has 3 N–H and O–H groups in total. The van der Waals surface area contributed by atoms with E-state index in [1.54, 1.807) is 30.3 Å². The van der Waals surface area contributed by atoms with Crippen LogP contribution in [0, 0.1) is 5.82 Å². The minimum Gasteiger partial charge on any atom is -0.454 e. The molecule has 4 aromatic rings. The molecule has 1 aromatic heterocycles. The number of rotatable bonds is 6. The Morgan fingerprint density at radius 3 is 2.41 bits per heavy atom. The molecule has 0 fully saturated rings. The monoisotopic (exact) mass is 592 g/mol. The largest absolute Gasteiger partial charge is 0.454 e. The Hall–Kier alpha value is -3.68. The van der Waals surface area contributed by atoms with Crippen LogP contribution < -0.4 is 15.8 Å². The molecule has 202 valence electrons. The molecule has 1 unspecified atom stereocenters. The Morgan fingerprint density at radius 1 is 1.08 bits per heavy atom. The number of fused-ring (bicyclic) bond motifs is 1. The number of hydroxylamine groups is 1. The Bertz CT molecular complexity index is 1720. The Balaban J connectivity index is 1.52. The zero-order chi connectivity index (χ0) is 27.9. The lowest BCUT2D eigenvalue weighted by atomic mass is 10.0. The van der Waals surface area contributed by atoms with Gasteiger partial charge in [0.05, 0.1) is 16.1 Å². The van der Waals surface area contributed by atoms with Crippen molar-refractivity contribution in [3.8, 4) is 17.2 Å². The van der Waals surface area contributed by atoms with Gasteiger partial charge in [0.25, 0.3) is 11.5 Å². The van der Waals surface area contributed by atoms with Crippen molar-refractivity contribution in [2.45, 2.75) is 17.4 Å². The van der Waals surface area contributed by atoms with Gasteiger partial charge in [0.2, 0.25) is 10.0 Å². The van der Waals surface area contributed by atoms with E-state index < -0.39 is 38.2 Å². The van der Waals surface area contributed by atoms with Gasteiger partial charge in [0.1, 0.15) is 11.8 Å². The number of aromatic nitrogens is 2. The lowest BCUT2D eigenvalue weighted by Gasteiger charge is -2.32. The van der Waals surface area contributed by atoms with Crippen LogP contribution in [0.4, 0.5) is 4.39 Å². The van der Waals surface area contributed by atoms with Crippen LogP contribution in [0.3, 0.4) is 0 Å². The highest BCUT2D eigenvalue weighted by Crippen LogP contribution is 2.35. The smallest absolute Gasteiger partial charge is 0.276 e. The van der Waals surface area contributed by atoms with Crippen LogP contribution in [-0.4, -0.2) is 40.2 Å². The minimum atomic E-state index is -4.55. The van der Waals surface area contributed by atoms with Gasteiger partial charge in [0, 0.05) is 28.7 Å². The van der Waals surface area contributed by atoms with E-state index in [1.807, 2.05) is 0 Å². The first-order valence-electron chi connectivity index (χ1n) is 11.4. The summed E-state index contributed by atoms with van der Waals surface area (Å²) in [6.07, 6.45) is 0.0536. The van der Waals surface area contributed by atoms with E-state index in [0.717, 1.165) is 22.5 Å². The number of carbonyl (C=O) groups is 1. The summed E-state index contributed by atoms with van der Waals surface area (Å²) in [6.45, 7) is -0.233. The van der Waals surface area contributed by atoms with Gasteiger partial charge in [-0.2, -0.15) is 4.31 Å². The van der Waals surface area contributed by atoms with E-state index in [1.165, 1.54) is 28.4 Å². The molecule has 1 amide bonds. The van der Waals surface area contributed by atoms with Crippen LogP contribution in [0.15, 0.2) is 76.4 Å². The van der Waals surface area contributed by atoms with Gasteiger partial charge >= 0.3 is 0 Å². The van der Waals surface area contributed by atoms with E-state index in [9.17, 15) is 27.6 Å². The fourth-order valence-corrected chi connectivity index (χ4v) is 6.46. The number of H-pyrrole nitrogens is 1. The molecule has 2 heterocycles. The molecule has 1 atom stereocenters. The molecular weight excluding hydrogens is 574 g/mol. The maximum atomic E-state index is 15.0. The Morgan fingerprint density at radius 2 is 1.77 bits per heavy atom. The summed E-state index contributed by atoms with van der Waals surface area (Å²) < 4.78 is 49.7. The van der Waals surface area contributed by atoms with Crippen molar-refractivity contribution in [1.82, 2.24) is 19.6 Å². The van der Waals surface area contributed by atoms with Crippen molar-refractivity contribution >= 4 is 39.1 Å². The number of nitrogens with one attached hydrogen (secondary N) is 2. The highest BCUT2D eigenvalue weighted by molar-refractivity contribution is 7.89. The van der Waals surface area contributed by atoms with E-state index in [2.05, 4.69) is 5.10 Å². The summed E-state index contributed by atoms with van der Waals surface area (Å²) in [5.74, 6) is -2.32. The second-order valence-electron chi connectivity index (χ2n) is 8.52. The Kier molecular flexibility index (Phi) is 7.23. The number of hydrogen-bond donors (Lipinski definition) is 3. The van der Waals surface area contributed by atoms with Crippen LogP contribution in [0.2, 0.25) is 10.0 Å². The van der Waals surface area contributed by atoms with Crippen molar-refractivity contribution < 1.29 is 27.5 Å². The molecule has 0 aliphatic carbocycles. The zero-order valence-electron chi connectivity index (χ0n) is 19.8. The number of hydrogen-bond acceptors (Lipinski definition) is 6. The number of ether oxygens (including phenoxy) is 1. The third kappa shape index (κ3) is 5.04. The zero-order valence-corrected chi connectivity index (χ0v) is 22.1. The van der Waals surface area contributed by atoms with Crippen molar-refractivity contribution in [1.29, 1.82) is 0 Å². The van der Waals surface area contributed by atoms with Gasteiger partial charge in [-0.05, 0) is 48.5 Å². The number of nitrogens with zero attached hydrogens (tertiary/aromatic N) is 2. The standard InChI is InChI=1S/C25H19Cl2FN4O6S/c26-14-10-15(27)12-17(11-14)38-21-7-6-18(13-19(21)28)39(36,37)31-9-8-20-22(23(31)24(33)30-35)25(34)32(29-20)16-4-2-1-3-5-16/h1-7,10-13,23,29,35H,8-9H2,(H,30,33). The highest BCUT2D eigenvalue weighted by atomic mass is 35.5. The first-order valence-corrected chi connectivity index (χ1v) is 13.6. The van der Waals surface area contributed by atoms with E-state index in [0.29, 0.717) is 11.4 Å². The number of carbonyl (C=O) groups excluding carboxylic acids is 1. The van der Waals surface area contributed by atoms with E-state index in [-0.39, 0.29) is 40.1 Å². The van der Waals surface area contributed by atoms with Gasteiger partial charge < -0.3 is 4.74 Å². The first kappa shape index (κ1) is 26.9. The molecule has 1 aliphatic heterocycles. The predicted molar refractivity (Wildman–Crippen MR) is 140 cm³/mol. The number of para-hydroxylation sites is 1. The summed E-state index contributed by atoms with van der Waals surface area (Å²) in [4.78, 5) is 25.6. The molecule has 0 radical (unpaired) electrons. The van der Waals surface area contributed by atoms with Gasteiger partial charge in [-0.15, -0.1) is 0 Å². The molecule has 0 saturated heterocycles. The maximum Gasteiger partial charge on any atom is 0.276 e. The van der Waals surface area contributed by atoms with Crippen LogP contribution in [0.5, 0.6) is 11.5 Å². The number of aromatic amines is 1. The lowest BCUT2D eigenvalue weighted by molar-refractivity contribution is -0.133. The molecule has 0 saturated carbocycles. The second-order valence-corrected chi connectivity index (χ2v) is 11.3. The van der Waals surface area contributed by atoms with Crippen LogP contribution in [0.25, 0.3) is 5.69 Å². The van der Waals surface area contributed by atoms with Crippen LogP contribution >= 0.6 is 23.2 Å². The van der Waals surface area contributed by atoms with Gasteiger partial charge in [0.15, 0.2) is 11.6 Å². The summed E-state index contributed by atoms with van der Waals surface area (Å²) >= 11 is 11.9. The molecule has 3 aromatic carbocycles.